The van der Waals surface area contributed by atoms with Crippen LogP contribution >= 0.6 is 0 Å². The van der Waals surface area contributed by atoms with Crippen LogP contribution in [0.3, 0.4) is 0 Å². The van der Waals surface area contributed by atoms with Crippen LogP contribution in [0.15, 0.2) is 36.5 Å². The Morgan fingerprint density at radius 3 is 2.85 bits per heavy atom. The van der Waals surface area contributed by atoms with E-state index in [1.54, 1.807) is 37.3 Å². The van der Waals surface area contributed by atoms with E-state index in [0.29, 0.717) is 18.4 Å². The summed E-state index contributed by atoms with van der Waals surface area (Å²) in [6.07, 6.45) is 1.76. The molecule has 7 heteroatoms. The van der Waals surface area contributed by atoms with Crippen LogP contribution in [0.5, 0.6) is 0 Å². The molecule has 2 saturated heterocycles. The van der Waals surface area contributed by atoms with Crippen LogP contribution < -0.4 is 0 Å². The fraction of sp³-hybridized carbons (Fsp3) is 0.474. The molecule has 0 radical (unpaired) electrons. The van der Waals surface area contributed by atoms with Crippen molar-refractivity contribution in [3.63, 3.8) is 0 Å². The first-order valence-corrected chi connectivity index (χ1v) is 8.97. The number of halogens is 1. The molecule has 1 aromatic heterocycles. The highest BCUT2D eigenvalue weighted by Crippen LogP contribution is 2.45. The number of aromatic nitrogens is 2. The van der Waals surface area contributed by atoms with Gasteiger partial charge in [0, 0.05) is 58.1 Å². The zero-order valence-electron chi connectivity index (χ0n) is 15.1. The van der Waals surface area contributed by atoms with Crippen LogP contribution in [-0.4, -0.2) is 64.7 Å². The van der Waals surface area contributed by atoms with Crippen molar-refractivity contribution < 1.29 is 9.18 Å². The molecule has 2 fully saturated rings. The number of nitrogens with one attached hydrogen (secondary N) is 1. The lowest BCUT2D eigenvalue weighted by Gasteiger charge is -2.31. The monoisotopic (exact) mass is 357 g/mol. The fourth-order valence-electron chi connectivity index (χ4n) is 4.45. The van der Waals surface area contributed by atoms with E-state index in [9.17, 15) is 9.18 Å². The van der Waals surface area contributed by atoms with Crippen molar-refractivity contribution in [2.24, 2.45) is 11.8 Å². The van der Waals surface area contributed by atoms with E-state index in [1.165, 1.54) is 6.07 Å². The zero-order chi connectivity index (χ0) is 18.3. The molecule has 26 heavy (non-hydrogen) atoms. The Hall–Kier alpha value is -2.41. The number of nitrogens with zero attached hydrogens (tertiary/aromatic N) is 4. The number of urea groups is 1. The summed E-state index contributed by atoms with van der Waals surface area (Å²) < 4.78 is 13.8. The molecular formula is C19H24FN5O. The Morgan fingerprint density at radius 2 is 2.15 bits per heavy atom. The van der Waals surface area contributed by atoms with Crippen molar-refractivity contribution in [2.75, 3.05) is 33.7 Å². The van der Waals surface area contributed by atoms with E-state index in [4.69, 9.17) is 0 Å². The Morgan fingerprint density at radius 1 is 1.31 bits per heavy atom. The lowest BCUT2D eigenvalue weighted by atomic mass is 9.89. The molecule has 1 aromatic carbocycles. The lowest BCUT2D eigenvalue weighted by Crippen LogP contribution is -2.41. The van der Waals surface area contributed by atoms with Gasteiger partial charge < -0.3 is 9.80 Å². The first kappa shape index (κ1) is 17.0. The van der Waals surface area contributed by atoms with Gasteiger partial charge in [0.25, 0.3) is 0 Å². The van der Waals surface area contributed by atoms with Gasteiger partial charge in [0.2, 0.25) is 0 Å². The number of likely N-dealkylation sites (tertiary alicyclic amines) is 2. The second-order valence-electron chi connectivity index (χ2n) is 7.53. The van der Waals surface area contributed by atoms with Crippen molar-refractivity contribution in [3.8, 4) is 0 Å². The molecule has 0 bridgehead atoms. The van der Waals surface area contributed by atoms with Crippen LogP contribution in [-0.2, 0) is 6.54 Å². The summed E-state index contributed by atoms with van der Waals surface area (Å²) in [5.74, 6) is 0.453. The maximum Gasteiger partial charge on any atom is 0.320 e. The van der Waals surface area contributed by atoms with E-state index in [1.807, 2.05) is 17.0 Å². The van der Waals surface area contributed by atoms with Crippen molar-refractivity contribution in [1.82, 2.24) is 24.9 Å². The van der Waals surface area contributed by atoms with Crippen LogP contribution in [0.25, 0.3) is 0 Å². The van der Waals surface area contributed by atoms with Gasteiger partial charge in [-0.15, -0.1) is 0 Å². The summed E-state index contributed by atoms with van der Waals surface area (Å²) in [7, 11) is 3.53. The Balaban J connectivity index is 1.59. The third-order valence-corrected chi connectivity index (χ3v) is 5.51. The SMILES string of the molecule is CN(C)C(=O)N1C[C@H]2CN(Cc3ccn[nH]3)C[C@H]2[C@@H]1c1cccc(F)c1. The molecule has 0 spiro atoms. The highest BCUT2D eigenvalue weighted by Gasteiger charge is 2.49. The number of H-pyrrole nitrogens is 1. The molecule has 0 unspecified atom stereocenters. The molecule has 0 saturated carbocycles. The number of fused-ring (bicyclic) bond motifs is 1. The lowest BCUT2D eigenvalue weighted by molar-refractivity contribution is 0.151. The molecule has 2 amide bonds. The van der Waals surface area contributed by atoms with Gasteiger partial charge in [0.15, 0.2) is 0 Å². The minimum atomic E-state index is -0.254. The van der Waals surface area contributed by atoms with E-state index in [2.05, 4.69) is 15.1 Å². The van der Waals surface area contributed by atoms with Crippen molar-refractivity contribution >= 4 is 6.03 Å². The van der Waals surface area contributed by atoms with Crippen LogP contribution in [0.2, 0.25) is 0 Å². The minimum Gasteiger partial charge on any atom is -0.331 e. The molecular weight excluding hydrogens is 333 g/mol. The fourth-order valence-corrected chi connectivity index (χ4v) is 4.45. The molecule has 2 aromatic rings. The highest BCUT2D eigenvalue weighted by molar-refractivity contribution is 5.75. The van der Waals surface area contributed by atoms with Gasteiger partial charge in [-0.3, -0.25) is 10.00 Å². The number of amides is 2. The summed E-state index contributed by atoms with van der Waals surface area (Å²) in [5.41, 5.74) is 1.98. The van der Waals surface area contributed by atoms with Gasteiger partial charge in [-0.25, -0.2) is 9.18 Å². The molecule has 6 nitrogen and oxygen atoms in total. The molecule has 1 N–H and O–H groups in total. The second kappa shape index (κ2) is 6.72. The Labute approximate surface area is 152 Å². The van der Waals surface area contributed by atoms with Crippen molar-refractivity contribution in [1.29, 1.82) is 0 Å². The molecule has 2 aliphatic heterocycles. The third kappa shape index (κ3) is 3.07. The maximum absolute atomic E-state index is 13.8. The molecule has 3 atom stereocenters. The van der Waals surface area contributed by atoms with E-state index in [-0.39, 0.29) is 17.9 Å². The number of aromatic amines is 1. The maximum atomic E-state index is 13.8. The van der Waals surface area contributed by atoms with Crippen LogP contribution in [0.1, 0.15) is 17.3 Å². The molecule has 3 heterocycles. The van der Waals surface area contributed by atoms with Crippen LogP contribution in [0.4, 0.5) is 9.18 Å². The van der Waals surface area contributed by atoms with Crippen LogP contribution in [0, 0.1) is 17.7 Å². The van der Waals surface area contributed by atoms with E-state index in [0.717, 1.165) is 30.9 Å². The standard InChI is InChI=1S/C19H24FN5O/c1-23(2)19(26)25-10-14-9-24(11-16-6-7-21-22-16)12-17(14)18(25)13-4-3-5-15(20)8-13/h3-8,14,17-18H,9-12H2,1-2H3,(H,21,22)/t14-,17-,18+/m1/s1. The molecule has 4 rings (SSSR count). The van der Waals surface area contributed by atoms with Gasteiger partial charge in [-0.05, 0) is 29.7 Å². The minimum absolute atomic E-state index is 0.00576. The Kier molecular flexibility index (Phi) is 4.40. The average Bonchev–Trinajstić information content (AvgIpc) is 3.30. The summed E-state index contributed by atoms with van der Waals surface area (Å²) in [6.45, 7) is 3.36. The van der Waals surface area contributed by atoms with Gasteiger partial charge in [-0.2, -0.15) is 5.10 Å². The summed E-state index contributed by atoms with van der Waals surface area (Å²) in [4.78, 5) is 18.6. The second-order valence-corrected chi connectivity index (χ2v) is 7.53. The molecule has 138 valence electrons. The quantitative estimate of drug-likeness (QED) is 0.917. The largest absolute Gasteiger partial charge is 0.331 e. The number of hydrogen-bond acceptors (Lipinski definition) is 3. The summed E-state index contributed by atoms with van der Waals surface area (Å²) in [5, 5.41) is 7.02. The number of rotatable bonds is 3. The number of carbonyl (C=O) groups is 1. The summed E-state index contributed by atoms with van der Waals surface area (Å²) in [6, 6.07) is 8.58. The topological polar surface area (TPSA) is 55.5 Å². The van der Waals surface area contributed by atoms with Gasteiger partial charge in [-0.1, -0.05) is 12.1 Å². The van der Waals surface area contributed by atoms with Gasteiger partial charge in [0.05, 0.1) is 6.04 Å². The average molecular weight is 357 g/mol. The van der Waals surface area contributed by atoms with E-state index < -0.39 is 0 Å². The predicted octanol–water partition coefficient (Wildman–Crippen LogP) is 2.34. The summed E-state index contributed by atoms with van der Waals surface area (Å²) >= 11 is 0. The predicted molar refractivity (Wildman–Crippen MR) is 95.8 cm³/mol. The normalized spacial score (nSPS) is 25.5. The zero-order valence-corrected chi connectivity index (χ0v) is 15.1. The van der Waals surface area contributed by atoms with Gasteiger partial charge in [0.1, 0.15) is 5.82 Å². The smallest absolute Gasteiger partial charge is 0.320 e. The number of carbonyl (C=O) groups excluding carboxylic acids is 1. The first-order chi connectivity index (χ1) is 12.5. The highest BCUT2D eigenvalue weighted by atomic mass is 19.1. The van der Waals surface area contributed by atoms with E-state index >= 15 is 0 Å². The van der Waals surface area contributed by atoms with Crippen molar-refractivity contribution in [3.05, 3.63) is 53.6 Å². The first-order valence-electron chi connectivity index (χ1n) is 8.97. The number of hydrogen-bond donors (Lipinski definition) is 1. The molecule has 2 aliphatic rings. The Bertz CT molecular complexity index is 778. The number of benzene rings is 1. The third-order valence-electron chi connectivity index (χ3n) is 5.51. The molecule has 0 aliphatic carbocycles. The van der Waals surface area contributed by atoms with Crippen molar-refractivity contribution in [2.45, 2.75) is 12.6 Å². The van der Waals surface area contributed by atoms with Gasteiger partial charge >= 0.3 is 6.03 Å².